The molecule has 1 aromatic rings. The van der Waals surface area contributed by atoms with Crippen LogP contribution >= 0.6 is 0 Å². The van der Waals surface area contributed by atoms with Crippen LogP contribution in [-0.4, -0.2) is 48.7 Å². The lowest BCUT2D eigenvalue weighted by molar-refractivity contribution is -0.141. The van der Waals surface area contributed by atoms with Crippen LogP contribution in [0.4, 0.5) is 0 Å². The minimum absolute atomic E-state index is 0.151. The van der Waals surface area contributed by atoms with Gasteiger partial charge in [0.2, 0.25) is 0 Å². The zero-order chi connectivity index (χ0) is 14.3. The lowest BCUT2D eigenvalue weighted by Gasteiger charge is -2.23. The fourth-order valence-electron chi connectivity index (χ4n) is 1.64. The van der Waals surface area contributed by atoms with E-state index < -0.39 is 11.9 Å². The molecular formula is C13H19NO5. The van der Waals surface area contributed by atoms with E-state index >= 15 is 0 Å². The third-order valence-corrected chi connectivity index (χ3v) is 2.71. The average Bonchev–Trinajstić information content (AvgIpc) is 2.90. The lowest BCUT2D eigenvalue weighted by atomic mass is 10.1. The van der Waals surface area contributed by atoms with Crippen molar-refractivity contribution in [2.45, 2.75) is 13.3 Å². The number of hydrogen-bond acceptors (Lipinski definition) is 4. The molecular weight excluding hydrogens is 250 g/mol. The Labute approximate surface area is 112 Å². The predicted molar refractivity (Wildman–Crippen MR) is 67.9 cm³/mol. The van der Waals surface area contributed by atoms with Crippen molar-refractivity contribution < 1.29 is 23.8 Å². The number of amides is 1. The highest BCUT2D eigenvalue weighted by atomic mass is 16.5. The summed E-state index contributed by atoms with van der Waals surface area (Å²) in [7, 11) is 1.58. The number of hydrogen-bond donors (Lipinski definition) is 1. The van der Waals surface area contributed by atoms with Gasteiger partial charge in [0.15, 0.2) is 5.76 Å². The summed E-state index contributed by atoms with van der Waals surface area (Å²) in [5.74, 6) is -1.63. The molecule has 1 amide bonds. The van der Waals surface area contributed by atoms with Gasteiger partial charge in [-0.2, -0.15) is 0 Å². The number of carbonyl (C=O) groups is 2. The van der Waals surface area contributed by atoms with E-state index in [1.54, 1.807) is 26.2 Å². The third kappa shape index (κ3) is 4.75. The summed E-state index contributed by atoms with van der Waals surface area (Å²) < 4.78 is 9.99. The standard InChI is InChI=1S/C13H19NO5/c1-10(13(16)17)9-14(6-4-7-18-2)12(15)11-5-3-8-19-11/h3,5,8,10H,4,6-7,9H2,1-2H3,(H,16,17). The van der Waals surface area contributed by atoms with Crippen molar-refractivity contribution in [1.82, 2.24) is 4.90 Å². The Morgan fingerprint density at radius 2 is 2.26 bits per heavy atom. The quantitative estimate of drug-likeness (QED) is 0.723. The van der Waals surface area contributed by atoms with Crippen molar-refractivity contribution in [3.8, 4) is 0 Å². The van der Waals surface area contributed by atoms with Gasteiger partial charge in [-0.05, 0) is 18.6 Å². The molecule has 1 atom stereocenters. The van der Waals surface area contributed by atoms with Gasteiger partial charge in [0, 0.05) is 26.8 Å². The number of carboxylic acids is 1. The van der Waals surface area contributed by atoms with Crippen molar-refractivity contribution in [3.63, 3.8) is 0 Å². The Kier molecular flexibility index (Phi) is 6.08. The molecule has 0 aliphatic heterocycles. The molecule has 0 aliphatic carbocycles. The summed E-state index contributed by atoms with van der Waals surface area (Å²) >= 11 is 0. The maximum Gasteiger partial charge on any atom is 0.308 e. The Morgan fingerprint density at radius 3 is 2.79 bits per heavy atom. The van der Waals surface area contributed by atoms with Crippen LogP contribution in [0.5, 0.6) is 0 Å². The number of furan rings is 1. The molecule has 0 radical (unpaired) electrons. The number of nitrogens with zero attached hydrogens (tertiary/aromatic N) is 1. The van der Waals surface area contributed by atoms with E-state index in [2.05, 4.69) is 0 Å². The van der Waals surface area contributed by atoms with Crippen LogP contribution in [0.2, 0.25) is 0 Å². The van der Waals surface area contributed by atoms with Crippen LogP contribution in [0.3, 0.4) is 0 Å². The molecule has 6 heteroatoms. The topological polar surface area (TPSA) is 80.0 Å². The Morgan fingerprint density at radius 1 is 1.53 bits per heavy atom. The number of carbonyl (C=O) groups excluding carboxylic acids is 1. The van der Waals surface area contributed by atoms with Crippen LogP contribution in [-0.2, 0) is 9.53 Å². The summed E-state index contributed by atoms with van der Waals surface area (Å²) in [4.78, 5) is 24.5. The third-order valence-electron chi connectivity index (χ3n) is 2.71. The second-order valence-corrected chi connectivity index (χ2v) is 4.31. The molecule has 106 valence electrons. The van der Waals surface area contributed by atoms with Crippen LogP contribution in [0.25, 0.3) is 0 Å². The Balaban J connectivity index is 2.68. The SMILES string of the molecule is COCCCN(CC(C)C(=O)O)C(=O)c1ccco1. The largest absolute Gasteiger partial charge is 0.481 e. The van der Waals surface area contributed by atoms with Crippen molar-refractivity contribution in [2.24, 2.45) is 5.92 Å². The van der Waals surface area contributed by atoms with Gasteiger partial charge in [-0.1, -0.05) is 6.92 Å². The first kappa shape index (κ1) is 15.2. The molecule has 0 aliphatic rings. The second-order valence-electron chi connectivity index (χ2n) is 4.31. The number of aliphatic carboxylic acids is 1. The van der Waals surface area contributed by atoms with Crippen molar-refractivity contribution in [3.05, 3.63) is 24.2 Å². The molecule has 1 unspecified atom stereocenters. The first-order valence-corrected chi connectivity index (χ1v) is 6.10. The van der Waals surface area contributed by atoms with E-state index in [1.165, 1.54) is 11.2 Å². The minimum atomic E-state index is -0.927. The van der Waals surface area contributed by atoms with Crippen molar-refractivity contribution in [1.29, 1.82) is 0 Å². The highest BCUT2D eigenvalue weighted by Gasteiger charge is 2.22. The number of rotatable bonds is 8. The molecule has 0 spiro atoms. The first-order valence-electron chi connectivity index (χ1n) is 6.10. The Bertz CT molecular complexity index is 401. The van der Waals surface area contributed by atoms with Gasteiger partial charge >= 0.3 is 5.97 Å². The van der Waals surface area contributed by atoms with Gasteiger partial charge in [-0.15, -0.1) is 0 Å². The van der Waals surface area contributed by atoms with E-state index in [0.29, 0.717) is 19.6 Å². The number of carboxylic acid groups (broad SMARTS) is 1. The van der Waals surface area contributed by atoms with Crippen molar-refractivity contribution >= 4 is 11.9 Å². The van der Waals surface area contributed by atoms with E-state index in [0.717, 1.165) is 0 Å². The van der Waals surface area contributed by atoms with E-state index in [9.17, 15) is 9.59 Å². The van der Waals surface area contributed by atoms with E-state index in [4.69, 9.17) is 14.3 Å². The highest BCUT2D eigenvalue weighted by molar-refractivity contribution is 5.91. The molecule has 0 aromatic carbocycles. The predicted octanol–water partition coefficient (Wildman–Crippen LogP) is 1.48. The van der Waals surface area contributed by atoms with Crippen molar-refractivity contribution in [2.75, 3.05) is 26.8 Å². The monoisotopic (exact) mass is 269 g/mol. The fourth-order valence-corrected chi connectivity index (χ4v) is 1.64. The molecule has 19 heavy (non-hydrogen) atoms. The van der Waals surface area contributed by atoms with Gasteiger partial charge in [0.1, 0.15) is 0 Å². The summed E-state index contributed by atoms with van der Waals surface area (Å²) in [6, 6.07) is 3.19. The number of methoxy groups -OCH3 is 1. The van der Waals surface area contributed by atoms with Gasteiger partial charge < -0.3 is 19.2 Å². The highest BCUT2D eigenvalue weighted by Crippen LogP contribution is 2.09. The van der Waals surface area contributed by atoms with E-state index in [1.807, 2.05) is 0 Å². The van der Waals surface area contributed by atoms with Crippen LogP contribution in [0, 0.1) is 5.92 Å². The molecule has 0 fully saturated rings. The fraction of sp³-hybridized carbons (Fsp3) is 0.538. The molecule has 0 saturated carbocycles. The summed E-state index contributed by atoms with van der Waals surface area (Å²) in [5, 5.41) is 8.93. The van der Waals surface area contributed by atoms with Crippen LogP contribution in [0.15, 0.2) is 22.8 Å². The van der Waals surface area contributed by atoms with E-state index in [-0.39, 0.29) is 18.2 Å². The lowest BCUT2D eigenvalue weighted by Crippen LogP contribution is -2.37. The molecule has 1 rings (SSSR count). The summed E-state index contributed by atoms with van der Waals surface area (Å²) in [5.41, 5.74) is 0. The van der Waals surface area contributed by atoms with Gasteiger partial charge in [-0.25, -0.2) is 0 Å². The molecule has 1 N–H and O–H groups in total. The molecule has 0 saturated heterocycles. The smallest absolute Gasteiger partial charge is 0.308 e. The molecule has 6 nitrogen and oxygen atoms in total. The first-order chi connectivity index (χ1) is 9.06. The minimum Gasteiger partial charge on any atom is -0.481 e. The molecule has 1 aromatic heterocycles. The zero-order valence-electron chi connectivity index (χ0n) is 11.2. The molecule has 1 heterocycles. The average molecular weight is 269 g/mol. The van der Waals surface area contributed by atoms with Gasteiger partial charge in [0.05, 0.1) is 12.2 Å². The summed E-state index contributed by atoms with van der Waals surface area (Å²) in [6.07, 6.45) is 2.07. The normalized spacial score (nSPS) is 12.1. The van der Waals surface area contributed by atoms with Crippen LogP contribution < -0.4 is 0 Å². The Hall–Kier alpha value is -1.82. The maximum absolute atomic E-state index is 12.2. The van der Waals surface area contributed by atoms with Crippen LogP contribution in [0.1, 0.15) is 23.9 Å². The summed E-state index contributed by atoms with van der Waals surface area (Å²) in [6.45, 7) is 2.67. The zero-order valence-corrected chi connectivity index (χ0v) is 11.2. The molecule has 0 bridgehead atoms. The number of ether oxygens (including phenoxy) is 1. The van der Waals surface area contributed by atoms with Gasteiger partial charge in [0.25, 0.3) is 5.91 Å². The van der Waals surface area contributed by atoms with Gasteiger partial charge in [-0.3, -0.25) is 9.59 Å². The maximum atomic E-state index is 12.2. The second kappa shape index (κ2) is 7.58.